The van der Waals surface area contributed by atoms with Crippen LogP contribution in [0.2, 0.25) is 0 Å². The molecule has 2 atom stereocenters. The summed E-state index contributed by atoms with van der Waals surface area (Å²) in [4.78, 5) is 19.1. The van der Waals surface area contributed by atoms with Gasteiger partial charge in [-0.3, -0.25) is 4.79 Å². The number of hydrogen-bond acceptors (Lipinski definition) is 3. The quantitative estimate of drug-likeness (QED) is 0.241. The Kier molecular flexibility index (Phi) is 8.55. The first-order chi connectivity index (χ1) is 18.8. The van der Waals surface area contributed by atoms with E-state index < -0.39 is 17.0 Å². The van der Waals surface area contributed by atoms with Crippen LogP contribution in [0.25, 0.3) is 11.1 Å². The van der Waals surface area contributed by atoms with Crippen molar-refractivity contribution in [3.8, 4) is 17.3 Å². The number of halogens is 3. The van der Waals surface area contributed by atoms with E-state index in [9.17, 15) is 18.0 Å². The second-order valence-corrected chi connectivity index (χ2v) is 9.71. The number of aliphatic imine (C=N–C) groups is 1. The lowest BCUT2D eigenvalue weighted by Gasteiger charge is -2.44. The first-order valence-corrected chi connectivity index (χ1v) is 12.8. The van der Waals surface area contributed by atoms with Crippen molar-refractivity contribution in [2.75, 3.05) is 20.1 Å². The fourth-order valence-electron chi connectivity index (χ4n) is 5.25. The number of nitrogens with one attached hydrogen (secondary N) is 2. The molecule has 1 saturated heterocycles. The molecule has 2 N–H and O–H groups in total. The Hall–Kier alpha value is -4.32. The summed E-state index contributed by atoms with van der Waals surface area (Å²) < 4.78 is 41.2. The Morgan fingerprint density at radius 3 is 2.38 bits per heavy atom. The highest BCUT2D eigenvalue weighted by molar-refractivity contribution is 5.81. The van der Waals surface area contributed by atoms with Gasteiger partial charge in [-0.15, -0.1) is 4.99 Å². The SMILES string of the molecule is CN/C(=N/C#N)NCC[C@]1(c2ccc(F)cc2)CCN([C@@H](C)c2ccc(-c3ccc(F)cc3F)cc2)C(=O)C1. The number of carbonyl (C=O) groups excluding carboxylic acids is 1. The van der Waals surface area contributed by atoms with Gasteiger partial charge in [0.2, 0.25) is 18.1 Å². The first kappa shape index (κ1) is 27.7. The van der Waals surface area contributed by atoms with Crippen molar-refractivity contribution in [2.24, 2.45) is 4.99 Å². The van der Waals surface area contributed by atoms with Crippen LogP contribution in [-0.4, -0.2) is 36.9 Å². The fraction of sp³-hybridized carbons (Fsp3) is 0.300. The van der Waals surface area contributed by atoms with Gasteiger partial charge in [-0.05, 0) is 60.7 Å². The molecule has 0 spiro atoms. The van der Waals surface area contributed by atoms with E-state index in [2.05, 4.69) is 15.6 Å². The van der Waals surface area contributed by atoms with Crippen molar-refractivity contribution in [2.45, 2.75) is 37.6 Å². The molecule has 0 aliphatic carbocycles. The van der Waals surface area contributed by atoms with Gasteiger partial charge in [0, 0.05) is 43.6 Å². The van der Waals surface area contributed by atoms with Crippen LogP contribution in [0.15, 0.2) is 71.7 Å². The molecule has 6 nitrogen and oxygen atoms in total. The van der Waals surface area contributed by atoms with E-state index in [1.165, 1.54) is 24.3 Å². The molecule has 9 heteroatoms. The zero-order valence-corrected chi connectivity index (χ0v) is 21.8. The molecule has 0 saturated carbocycles. The maximum Gasteiger partial charge on any atom is 0.223 e. The van der Waals surface area contributed by atoms with Gasteiger partial charge in [0.1, 0.15) is 17.5 Å². The zero-order valence-electron chi connectivity index (χ0n) is 21.8. The maximum absolute atomic E-state index is 14.2. The van der Waals surface area contributed by atoms with Gasteiger partial charge in [-0.25, -0.2) is 13.2 Å². The van der Waals surface area contributed by atoms with Crippen LogP contribution in [0.4, 0.5) is 13.2 Å². The monoisotopic (exact) mass is 533 g/mol. The standard InChI is InChI=1S/C30H30F3N5O/c1-20(21-3-5-22(6-4-21)26-12-11-25(32)17-27(26)33)38-16-14-30(18-28(38)39,23-7-9-24(31)10-8-23)13-15-36-29(35-2)37-19-34/h3-12,17,20H,13-16,18H2,1-2H3,(H2,35,36,37)/t20-,30-/m0/s1. The van der Waals surface area contributed by atoms with Crippen LogP contribution in [0.3, 0.4) is 0 Å². The number of nitriles is 1. The molecule has 0 radical (unpaired) electrons. The van der Waals surface area contributed by atoms with Crippen molar-refractivity contribution in [3.05, 3.63) is 95.3 Å². The third-order valence-electron chi connectivity index (χ3n) is 7.50. The van der Waals surface area contributed by atoms with Gasteiger partial charge in [0.25, 0.3) is 0 Å². The molecular weight excluding hydrogens is 503 g/mol. The Morgan fingerprint density at radius 1 is 1.08 bits per heavy atom. The smallest absolute Gasteiger partial charge is 0.223 e. The van der Waals surface area contributed by atoms with E-state index in [1.54, 1.807) is 37.5 Å². The lowest BCUT2D eigenvalue weighted by Crippen LogP contribution is -2.48. The van der Waals surface area contributed by atoms with Crippen molar-refractivity contribution < 1.29 is 18.0 Å². The first-order valence-electron chi connectivity index (χ1n) is 12.8. The molecule has 1 heterocycles. The van der Waals surface area contributed by atoms with E-state index in [0.717, 1.165) is 17.2 Å². The molecular formula is C30H30F3N5O. The highest BCUT2D eigenvalue weighted by atomic mass is 19.1. The van der Waals surface area contributed by atoms with Crippen LogP contribution >= 0.6 is 0 Å². The number of likely N-dealkylation sites (tertiary alicyclic amines) is 1. The summed E-state index contributed by atoms with van der Waals surface area (Å²) in [7, 11) is 1.66. The molecule has 1 aliphatic heterocycles. The largest absolute Gasteiger partial charge is 0.359 e. The van der Waals surface area contributed by atoms with Crippen molar-refractivity contribution >= 4 is 11.9 Å². The van der Waals surface area contributed by atoms with Crippen LogP contribution in [-0.2, 0) is 10.2 Å². The molecule has 0 bridgehead atoms. The summed E-state index contributed by atoms with van der Waals surface area (Å²) >= 11 is 0. The molecule has 0 aromatic heterocycles. The summed E-state index contributed by atoms with van der Waals surface area (Å²) in [5.41, 5.74) is 2.21. The van der Waals surface area contributed by atoms with Gasteiger partial charge in [0.05, 0.1) is 6.04 Å². The lowest BCUT2D eigenvalue weighted by atomic mass is 9.70. The summed E-state index contributed by atoms with van der Waals surface area (Å²) in [5, 5.41) is 14.8. The van der Waals surface area contributed by atoms with Crippen LogP contribution < -0.4 is 10.6 Å². The molecule has 0 unspecified atom stereocenters. The number of rotatable bonds is 7. The van der Waals surface area contributed by atoms with Crippen molar-refractivity contribution in [3.63, 3.8) is 0 Å². The van der Waals surface area contributed by atoms with Gasteiger partial charge >= 0.3 is 0 Å². The minimum Gasteiger partial charge on any atom is -0.359 e. The van der Waals surface area contributed by atoms with Gasteiger partial charge in [-0.1, -0.05) is 36.4 Å². The molecule has 1 aliphatic rings. The van der Waals surface area contributed by atoms with E-state index in [1.807, 2.05) is 24.0 Å². The second-order valence-electron chi connectivity index (χ2n) is 9.71. The van der Waals surface area contributed by atoms with E-state index in [4.69, 9.17) is 5.26 Å². The van der Waals surface area contributed by atoms with Crippen LogP contribution in [0, 0.1) is 28.9 Å². The van der Waals surface area contributed by atoms with Gasteiger partial charge in [-0.2, -0.15) is 5.26 Å². The number of piperidine rings is 1. The Labute approximate surface area is 226 Å². The second kappa shape index (κ2) is 12.0. The van der Waals surface area contributed by atoms with Crippen molar-refractivity contribution in [1.29, 1.82) is 5.26 Å². The normalized spacial score (nSPS) is 18.4. The molecule has 1 amide bonds. The molecule has 1 fully saturated rings. The molecule has 4 rings (SSSR count). The molecule has 202 valence electrons. The highest BCUT2D eigenvalue weighted by Gasteiger charge is 2.41. The number of guanidine groups is 1. The topological polar surface area (TPSA) is 80.5 Å². The Balaban J connectivity index is 1.51. The summed E-state index contributed by atoms with van der Waals surface area (Å²) in [5.74, 6) is -1.28. The number of amides is 1. The van der Waals surface area contributed by atoms with Crippen LogP contribution in [0.5, 0.6) is 0 Å². The third kappa shape index (κ3) is 6.23. The van der Waals surface area contributed by atoms with Crippen LogP contribution in [0.1, 0.15) is 43.4 Å². The molecule has 39 heavy (non-hydrogen) atoms. The van der Waals surface area contributed by atoms with E-state index in [0.29, 0.717) is 43.0 Å². The predicted molar refractivity (Wildman–Crippen MR) is 144 cm³/mol. The Bertz CT molecular complexity index is 1390. The number of carbonyl (C=O) groups is 1. The summed E-state index contributed by atoms with van der Waals surface area (Å²) in [6.45, 7) is 2.91. The fourth-order valence-corrected chi connectivity index (χ4v) is 5.25. The summed E-state index contributed by atoms with van der Waals surface area (Å²) in [6.07, 6.45) is 3.23. The predicted octanol–water partition coefficient (Wildman–Crippen LogP) is 5.43. The molecule has 3 aromatic carbocycles. The maximum atomic E-state index is 14.2. The minimum atomic E-state index is -0.630. The number of hydrogen-bond donors (Lipinski definition) is 2. The summed E-state index contributed by atoms with van der Waals surface area (Å²) in [6, 6.07) is 16.8. The Morgan fingerprint density at radius 2 is 1.77 bits per heavy atom. The van der Waals surface area contributed by atoms with Gasteiger partial charge in [0.15, 0.2) is 0 Å². The number of nitrogens with zero attached hydrogens (tertiary/aromatic N) is 3. The average molecular weight is 534 g/mol. The van der Waals surface area contributed by atoms with E-state index >= 15 is 0 Å². The van der Waals surface area contributed by atoms with Gasteiger partial charge < -0.3 is 15.5 Å². The van der Waals surface area contributed by atoms with Crippen molar-refractivity contribution in [1.82, 2.24) is 15.5 Å². The highest BCUT2D eigenvalue weighted by Crippen LogP contribution is 2.41. The minimum absolute atomic E-state index is 0.0220. The lowest BCUT2D eigenvalue weighted by molar-refractivity contribution is -0.138. The van der Waals surface area contributed by atoms with E-state index in [-0.39, 0.29) is 24.2 Å². The average Bonchev–Trinajstić information content (AvgIpc) is 2.93. The third-order valence-corrected chi connectivity index (χ3v) is 7.50. The zero-order chi connectivity index (χ0) is 28.0. The number of benzene rings is 3. The molecule has 3 aromatic rings.